The highest BCUT2D eigenvalue weighted by molar-refractivity contribution is 6.74. The topological polar surface area (TPSA) is 47.3 Å². The number of ketones is 2. The number of carbonyl (C=O) groups excluding carboxylic acids is 2. The minimum atomic E-state index is -0.730. The highest BCUT2D eigenvalue weighted by Gasteiger charge is 2.52. The molecule has 1 aromatic heterocycles. The van der Waals surface area contributed by atoms with Gasteiger partial charge in [-0.1, -0.05) is 133 Å². The third kappa shape index (κ3) is 3.99. The summed E-state index contributed by atoms with van der Waals surface area (Å²) in [6.07, 6.45) is 0. The van der Waals surface area contributed by atoms with E-state index in [0.717, 1.165) is 77.2 Å². The molecule has 0 bridgehead atoms. The van der Waals surface area contributed by atoms with Crippen LogP contribution in [0.1, 0.15) is 54.1 Å². The van der Waals surface area contributed by atoms with E-state index in [0.29, 0.717) is 31.8 Å². The van der Waals surface area contributed by atoms with E-state index < -0.39 is 5.41 Å². The molecule has 0 saturated heterocycles. The van der Waals surface area contributed by atoms with Crippen molar-refractivity contribution in [1.29, 1.82) is 0 Å². The Bertz CT molecular complexity index is 3170. The maximum absolute atomic E-state index is 14.7. The van der Waals surface area contributed by atoms with Crippen LogP contribution in [0.2, 0.25) is 0 Å². The molecule has 1 atom stereocenters. The molecule has 1 aliphatic heterocycles. The van der Waals surface area contributed by atoms with E-state index in [9.17, 15) is 9.59 Å². The van der Waals surface area contributed by atoms with Gasteiger partial charge < -0.3 is 4.42 Å². The van der Waals surface area contributed by atoms with Crippen molar-refractivity contribution in [1.82, 2.24) is 0 Å². The van der Waals surface area contributed by atoms with Gasteiger partial charge in [-0.3, -0.25) is 9.59 Å². The normalized spacial score (nSPS) is 15.3. The molecule has 12 rings (SSSR count). The molecule has 8 aromatic carbocycles. The van der Waals surface area contributed by atoms with Crippen LogP contribution in [0.5, 0.6) is 0 Å². The molecule has 0 saturated carbocycles. The summed E-state index contributed by atoms with van der Waals surface area (Å²) in [7, 11) is 0.434. The van der Waals surface area contributed by atoms with Gasteiger partial charge >= 0.3 is 9.52 Å². The minimum Gasteiger partial charge on any atom is -0.455 e. The number of rotatable bonds is 4. The van der Waals surface area contributed by atoms with Crippen LogP contribution in [0, 0.1) is 0 Å². The van der Waals surface area contributed by atoms with Gasteiger partial charge in [0.1, 0.15) is 21.5 Å². The lowest BCUT2D eigenvalue weighted by molar-refractivity contribution is 0.103. The van der Waals surface area contributed by atoms with Crippen molar-refractivity contribution in [3.05, 3.63) is 214 Å². The summed E-state index contributed by atoms with van der Waals surface area (Å²) in [6.45, 7) is 0. The lowest BCUT2D eigenvalue weighted by atomic mass is 9.70. The molecule has 0 amide bonds. The molecule has 253 valence electrons. The third-order valence-corrected chi connectivity index (χ3v) is 13.5. The van der Waals surface area contributed by atoms with Gasteiger partial charge in [0.15, 0.2) is 11.6 Å². The monoisotopic (exact) mass is 716 g/mol. The van der Waals surface area contributed by atoms with Gasteiger partial charge in [-0.2, -0.15) is 0 Å². The van der Waals surface area contributed by atoms with Crippen molar-refractivity contribution < 1.29 is 14.0 Å². The van der Waals surface area contributed by atoms with Crippen molar-refractivity contribution >= 4 is 53.4 Å². The molecule has 2 heterocycles. The largest absolute Gasteiger partial charge is 0.569 e. The first-order valence-electron chi connectivity index (χ1n) is 18.6. The van der Waals surface area contributed by atoms with Crippen LogP contribution >= 0.6 is 0 Å². The smallest absolute Gasteiger partial charge is 0.455 e. The Morgan fingerprint density at radius 1 is 0.436 bits per heavy atom. The van der Waals surface area contributed by atoms with Crippen LogP contribution in [0.4, 0.5) is 0 Å². The van der Waals surface area contributed by atoms with Crippen molar-refractivity contribution in [3.8, 4) is 33.4 Å². The molecule has 55 heavy (non-hydrogen) atoms. The Hall–Kier alpha value is -6.88. The zero-order valence-corrected chi connectivity index (χ0v) is 30.4. The Morgan fingerprint density at radius 3 is 1.69 bits per heavy atom. The summed E-state index contributed by atoms with van der Waals surface area (Å²) < 4.78 is 6.32. The molecule has 0 N–H and O–H groups in total. The molecule has 1 unspecified atom stereocenters. The first-order valence-corrected chi connectivity index (χ1v) is 19.6. The second-order valence-corrected chi connectivity index (χ2v) is 16.0. The summed E-state index contributed by atoms with van der Waals surface area (Å²) in [5.41, 5.74) is 14.4. The summed E-state index contributed by atoms with van der Waals surface area (Å²) in [5, 5.41) is 4.31. The van der Waals surface area contributed by atoms with Gasteiger partial charge in [-0.15, -0.1) is 0 Å². The van der Waals surface area contributed by atoms with Crippen LogP contribution < -0.4 is 10.4 Å². The Morgan fingerprint density at radius 2 is 0.964 bits per heavy atom. The van der Waals surface area contributed by atoms with Gasteiger partial charge in [-0.25, -0.2) is 0 Å². The third-order valence-electron chi connectivity index (χ3n) is 12.0. The van der Waals surface area contributed by atoms with Crippen LogP contribution in [-0.2, 0) is 5.41 Å². The summed E-state index contributed by atoms with van der Waals surface area (Å²) in [5.74, 6) is -0.0609. The quantitative estimate of drug-likeness (QED) is 0.135. The number of furan rings is 1. The number of benzene rings is 8. The Labute approximate surface area is 319 Å². The summed E-state index contributed by atoms with van der Waals surface area (Å²) in [6, 6.07) is 57.9. The molecular weight excluding hydrogens is 689 g/mol. The van der Waals surface area contributed by atoms with Crippen LogP contribution in [0.3, 0.4) is 0 Å². The highest BCUT2D eigenvalue weighted by atomic mass is 28.2. The second-order valence-electron chi connectivity index (χ2n) is 14.7. The molecule has 3 aliphatic rings. The first-order chi connectivity index (χ1) is 27.1. The fourth-order valence-corrected chi connectivity index (χ4v) is 11.2. The van der Waals surface area contributed by atoms with Crippen LogP contribution in [0.15, 0.2) is 174 Å². The number of para-hydroxylation sites is 2. The second kappa shape index (κ2) is 11.1. The van der Waals surface area contributed by atoms with E-state index in [1.54, 1.807) is 0 Å². The van der Waals surface area contributed by atoms with E-state index in [1.165, 1.54) is 10.8 Å². The van der Waals surface area contributed by atoms with Crippen molar-refractivity contribution in [2.75, 3.05) is 0 Å². The van der Waals surface area contributed by atoms with Crippen LogP contribution in [0.25, 0.3) is 55.3 Å². The van der Waals surface area contributed by atoms with Gasteiger partial charge in [0.2, 0.25) is 0 Å². The SMILES string of the molecule is O=C(c1ccc2c(c1)C1(c3ccccc3-2)c2ccccc2-c2ccc(C(=O)c3cccc4c3oc3ccccc34)cc21)c1cccc2c1[Si+]c1ccccc1-2. The fourth-order valence-electron chi connectivity index (χ4n) is 9.72. The molecular formula is C51H28O3Si+. The zero-order chi connectivity index (χ0) is 36.4. The van der Waals surface area contributed by atoms with Crippen molar-refractivity contribution in [3.63, 3.8) is 0 Å². The lowest BCUT2D eigenvalue weighted by Crippen LogP contribution is -2.28. The van der Waals surface area contributed by atoms with E-state index >= 15 is 0 Å². The molecule has 1 spiro atoms. The molecule has 9 aromatic rings. The molecule has 4 heteroatoms. The van der Waals surface area contributed by atoms with Crippen LogP contribution in [-0.4, -0.2) is 21.1 Å². The van der Waals surface area contributed by atoms with Gasteiger partial charge in [-0.05, 0) is 80.9 Å². The van der Waals surface area contributed by atoms with Gasteiger partial charge in [0.05, 0.1) is 16.5 Å². The predicted molar refractivity (Wildman–Crippen MR) is 220 cm³/mol. The van der Waals surface area contributed by atoms with Gasteiger partial charge in [0, 0.05) is 33.0 Å². The van der Waals surface area contributed by atoms with E-state index in [1.807, 2.05) is 66.7 Å². The number of fused-ring (bicyclic) bond motifs is 16. The highest BCUT2D eigenvalue weighted by Crippen LogP contribution is 2.63. The lowest BCUT2D eigenvalue weighted by Gasteiger charge is -2.31. The van der Waals surface area contributed by atoms with E-state index in [4.69, 9.17) is 4.42 Å². The standard InChI is InChI=1S/C51H28O3Si/c52-47(39-17-9-15-37-35-13-3-7-21-45(35)54-49(37)39)29-23-25-33-31-11-1-5-19-41(31)51(43(33)27-29)42-20-6-2-12-32(42)34-26-24-30(28-44(34)51)48(53)40-18-10-16-38-36-14-4-8-22-46(36)55-50(38)40/h1-28H/q+1. The molecule has 3 nitrogen and oxygen atoms in total. The maximum Gasteiger partial charge on any atom is 0.569 e. The first kappa shape index (κ1) is 30.6. The Kier molecular flexibility index (Phi) is 6.16. The minimum absolute atomic E-state index is 0.0282. The average molecular weight is 717 g/mol. The van der Waals surface area contributed by atoms with Crippen molar-refractivity contribution in [2.24, 2.45) is 0 Å². The molecule has 1 radical (unpaired) electrons. The van der Waals surface area contributed by atoms with Crippen molar-refractivity contribution in [2.45, 2.75) is 5.41 Å². The molecule has 2 aliphatic carbocycles. The average Bonchev–Trinajstić information content (AvgIpc) is 3.98. The summed E-state index contributed by atoms with van der Waals surface area (Å²) in [4.78, 5) is 29.4. The number of carbonyl (C=O) groups is 2. The van der Waals surface area contributed by atoms with Gasteiger partial charge in [0.25, 0.3) is 0 Å². The van der Waals surface area contributed by atoms with E-state index in [-0.39, 0.29) is 11.6 Å². The number of hydrogen-bond acceptors (Lipinski definition) is 3. The number of hydrogen-bond donors (Lipinski definition) is 0. The predicted octanol–water partition coefficient (Wildman–Crippen LogP) is 10.0. The maximum atomic E-state index is 14.7. The van der Waals surface area contributed by atoms with E-state index in [2.05, 4.69) is 103 Å². The zero-order valence-electron chi connectivity index (χ0n) is 29.4. The fraction of sp³-hybridized carbons (Fsp3) is 0.0196. The summed E-state index contributed by atoms with van der Waals surface area (Å²) >= 11 is 0. The molecule has 0 fully saturated rings. The Balaban J connectivity index is 1.06.